The van der Waals surface area contributed by atoms with E-state index in [1.807, 2.05) is 30.5 Å². The van der Waals surface area contributed by atoms with Gasteiger partial charge in [0.15, 0.2) is 0 Å². The van der Waals surface area contributed by atoms with Crippen LogP contribution in [0.25, 0.3) is 10.9 Å². The number of nitrogens with one attached hydrogen (secondary N) is 2. The number of rotatable bonds is 5. The lowest BCUT2D eigenvalue weighted by Crippen LogP contribution is -2.14. The highest BCUT2D eigenvalue weighted by molar-refractivity contribution is 6.07. The van der Waals surface area contributed by atoms with Crippen LogP contribution in [0, 0.1) is 0 Å². The average molecular weight is 372 g/mol. The van der Waals surface area contributed by atoms with Crippen molar-refractivity contribution < 1.29 is 19.4 Å². The molecule has 0 bridgehead atoms. The Morgan fingerprint density at radius 3 is 2.43 bits per heavy atom. The molecular formula is C22H16N2O4. The molecule has 4 rings (SSSR count). The first-order valence-corrected chi connectivity index (χ1v) is 8.59. The summed E-state index contributed by atoms with van der Waals surface area (Å²) in [6.45, 7) is 0. The van der Waals surface area contributed by atoms with Gasteiger partial charge in [0.05, 0.1) is 11.3 Å². The second-order valence-corrected chi connectivity index (χ2v) is 6.16. The maximum absolute atomic E-state index is 12.4. The van der Waals surface area contributed by atoms with Gasteiger partial charge in [-0.05, 0) is 48.5 Å². The Balaban J connectivity index is 1.63. The lowest BCUT2D eigenvalue weighted by molar-refractivity contribution is 0.0698. The smallest absolute Gasteiger partial charge is 0.337 e. The van der Waals surface area contributed by atoms with Crippen molar-refractivity contribution in [2.45, 2.75) is 0 Å². The van der Waals surface area contributed by atoms with Gasteiger partial charge < -0.3 is 20.1 Å². The van der Waals surface area contributed by atoms with Gasteiger partial charge in [-0.1, -0.05) is 18.2 Å². The van der Waals surface area contributed by atoms with Gasteiger partial charge in [0.1, 0.15) is 11.5 Å². The minimum atomic E-state index is -1.14. The van der Waals surface area contributed by atoms with Crippen LogP contribution in [0.15, 0.2) is 79.0 Å². The normalized spacial score (nSPS) is 10.6. The fraction of sp³-hybridized carbons (Fsp3) is 0. The van der Waals surface area contributed by atoms with Crippen molar-refractivity contribution in [3.05, 3.63) is 90.1 Å². The topological polar surface area (TPSA) is 91.4 Å². The van der Waals surface area contributed by atoms with Gasteiger partial charge in [-0.25, -0.2) is 4.79 Å². The number of carbonyl (C=O) groups excluding carboxylic acids is 1. The van der Waals surface area contributed by atoms with E-state index in [4.69, 9.17) is 4.74 Å². The summed E-state index contributed by atoms with van der Waals surface area (Å²) in [5.74, 6) is -0.503. The fourth-order valence-electron chi connectivity index (χ4n) is 2.89. The van der Waals surface area contributed by atoms with Crippen LogP contribution in [0.1, 0.15) is 20.7 Å². The lowest BCUT2D eigenvalue weighted by Gasteiger charge is -2.12. The summed E-state index contributed by atoms with van der Waals surface area (Å²) in [5.41, 5.74) is 1.58. The molecular weight excluding hydrogens is 356 g/mol. The predicted octanol–water partition coefficient (Wildman–Crippen LogP) is 4.91. The SMILES string of the molecule is O=C(Nc1cc(Oc2ccc3[nH]ccc3c2)ccc1C(=O)O)c1ccccc1. The number of hydrogen-bond donors (Lipinski definition) is 3. The van der Waals surface area contributed by atoms with E-state index in [0.717, 1.165) is 10.9 Å². The number of carbonyl (C=O) groups is 2. The number of benzene rings is 3. The van der Waals surface area contributed by atoms with Crippen LogP contribution < -0.4 is 10.1 Å². The van der Waals surface area contributed by atoms with Crippen LogP contribution in [-0.2, 0) is 0 Å². The number of carboxylic acid groups (broad SMARTS) is 1. The zero-order valence-corrected chi connectivity index (χ0v) is 14.7. The maximum atomic E-state index is 12.4. The Morgan fingerprint density at radius 1 is 0.893 bits per heavy atom. The molecule has 0 aliphatic heterocycles. The molecule has 6 heteroatoms. The number of ether oxygens (including phenoxy) is 1. The third-order valence-electron chi connectivity index (χ3n) is 4.27. The second-order valence-electron chi connectivity index (χ2n) is 6.16. The van der Waals surface area contributed by atoms with E-state index in [-0.39, 0.29) is 11.3 Å². The molecule has 0 fully saturated rings. The summed E-state index contributed by atoms with van der Waals surface area (Å²) in [5, 5.41) is 13.1. The number of aromatic carboxylic acids is 1. The quantitative estimate of drug-likeness (QED) is 0.464. The molecule has 0 atom stereocenters. The molecule has 0 aliphatic rings. The first kappa shape index (κ1) is 17.4. The van der Waals surface area contributed by atoms with E-state index in [0.29, 0.717) is 17.1 Å². The Bertz CT molecular complexity index is 1170. The van der Waals surface area contributed by atoms with Crippen molar-refractivity contribution in [2.24, 2.45) is 0 Å². The first-order valence-electron chi connectivity index (χ1n) is 8.59. The minimum Gasteiger partial charge on any atom is -0.478 e. The van der Waals surface area contributed by atoms with Gasteiger partial charge in [-0.15, -0.1) is 0 Å². The zero-order valence-electron chi connectivity index (χ0n) is 14.7. The summed E-state index contributed by atoms with van der Waals surface area (Å²) in [7, 11) is 0. The molecule has 3 N–H and O–H groups in total. The highest BCUT2D eigenvalue weighted by Crippen LogP contribution is 2.29. The van der Waals surface area contributed by atoms with Gasteiger partial charge in [-0.3, -0.25) is 4.79 Å². The lowest BCUT2D eigenvalue weighted by atomic mass is 10.1. The van der Waals surface area contributed by atoms with Crippen LogP contribution in [0.5, 0.6) is 11.5 Å². The van der Waals surface area contributed by atoms with Gasteiger partial charge in [-0.2, -0.15) is 0 Å². The first-order chi connectivity index (χ1) is 13.6. The number of H-pyrrole nitrogens is 1. The molecule has 0 radical (unpaired) electrons. The molecule has 1 heterocycles. The van der Waals surface area contributed by atoms with Crippen LogP contribution in [0.2, 0.25) is 0 Å². The maximum Gasteiger partial charge on any atom is 0.337 e. The molecule has 0 saturated heterocycles. The van der Waals surface area contributed by atoms with Crippen molar-refractivity contribution in [3.63, 3.8) is 0 Å². The molecule has 4 aromatic rings. The summed E-state index contributed by atoms with van der Waals surface area (Å²) < 4.78 is 5.86. The predicted molar refractivity (Wildman–Crippen MR) is 106 cm³/mol. The molecule has 3 aromatic carbocycles. The number of fused-ring (bicyclic) bond motifs is 1. The van der Waals surface area contributed by atoms with Gasteiger partial charge in [0, 0.05) is 28.7 Å². The average Bonchev–Trinajstić information content (AvgIpc) is 3.16. The van der Waals surface area contributed by atoms with E-state index >= 15 is 0 Å². The third kappa shape index (κ3) is 3.57. The van der Waals surface area contributed by atoms with Crippen molar-refractivity contribution in [1.82, 2.24) is 4.98 Å². The minimum absolute atomic E-state index is 0.0160. The molecule has 0 aliphatic carbocycles. The van der Waals surface area contributed by atoms with Gasteiger partial charge in [0.2, 0.25) is 0 Å². The van der Waals surface area contributed by atoms with Crippen molar-refractivity contribution in [1.29, 1.82) is 0 Å². The summed E-state index contributed by atoms with van der Waals surface area (Å²) >= 11 is 0. The van der Waals surface area contributed by atoms with Gasteiger partial charge in [0.25, 0.3) is 5.91 Å². The highest BCUT2D eigenvalue weighted by atomic mass is 16.5. The second kappa shape index (κ2) is 7.28. The molecule has 0 saturated carbocycles. The highest BCUT2D eigenvalue weighted by Gasteiger charge is 2.15. The van der Waals surface area contributed by atoms with Crippen LogP contribution in [0.4, 0.5) is 5.69 Å². The standard InChI is InChI=1S/C22H16N2O4/c25-21(14-4-2-1-3-5-14)24-20-13-17(6-8-18(20)22(26)27)28-16-7-9-19-15(12-16)10-11-23-19/h1-13,23H,(H,24,25)(H,26,27). The number of hydrogen-bond acceptors (Lipinski definition) is 3. The molecule has 0 spiro atoms. The van der Waals surface area contributed by atoms with E-state index < -0.39 is 11.9 Å². The van der Waals surface area contributed by atoms with E-state index in [9.17, 15) is 14.7 Å². The van der Waals surface area contributed by atoms with E-state index in [1.54, 1.807) is 36.4 Å². The number of anilines is 1. The monoisotopic (exact) mass is 372 g/mol. The number of amides is 1. The van der Waals surface area contributed by atoms with Crippen LogP contribution >= 0.6 is 0 Å². The Labute approximate surface area is 160 Å². The van der Waals surface area contributed by atoms with Crippen molar-refractivity contribution >= 4 is 28.5 Å². The Morgan fingerprint density at radius 2 is 1.64 bits per heavy atom. The number of aromatic amines is 1. The van der Waals surface area contributed by atoms with Crippen molar-refractivity contribution in [2.75, 3.05) is 5.32 Å². The molecule has 28 heavy (non-hydrogen) atoms. The zero-order chi connectivity index (χ0) is 19.5. The third-order valence-corrected chi connectivity index (χ3v) is 4.27. The van der Waals surface area contributed by atoms with Crippen molar-refractivity contribution in [3.8, 4) is 11.5 Å². The molecule has 138 valence electrons. The van der Waals surface area contributed by atoms with Crippen LogP contribution in [0.3, 0.4) is 0 Å². The summed E-state index contributed by atoms with van der Waals surface area (Å²) in [4.78, 5) is 27.1. The van der Waals surface area contributed by atoms with E-state index in [2.05, 4.69) is 10.3 Å². The molecule has 1 aromatic heterocycles. The molecule has 6 nitrogen and oxygen atoms in total. The van der Waals surface area contributed by atoms with E-state index in [1.165, 1.54) is 12.1 Å². The fourth-order valence-corrected chi connectivity index (χ4v) is 2.89. The number of carboxylic acids is 1. The molecule has 0 unspecified atom stereocenters. The van der Waals surface area contributed by atoms with Crippen LogP contribution in [-0.4, -0.2) is 22.0 Å². The largest absolute Gasteiger partial charge is 0.478 e. The summed E-state index contributed by atoms with van der Waals surface area (Å²) in [6, 6.07) is 20.6. The molecule has 1 amide bonds. The Kier molecular flexibility index (Phi) is 4.51. The van der Waals surface area contributed by atoms with Gasteiger partial charge >= 0.3 is 5.97 Å². The summed E-state index contributed by atoms with van der Waals surface area (Å²) in [6.07, 6.45) is 1.84. The number of aromatic nitrogens is 1. The Hall–Kier alpha value is -4.06.